The van der Waals surface area contributed by atoms with Gasteiger partial charge in [0, 0.05) is 11.1 Å². The molecule has 6 aromatic carbocycles. The van der Waals surface area contributed by atoms with Crippen LogP contribution in [-0.4, -0.2) is 29.0 Å². The fraction of sp³-hybridized carbons (Fsp3) is 0.204. The average molecular weight is 1160 g/mol. The quantitative estimate of drug-likeness (QED) is 0.0570. The van der Waals surface area contributed by atoms with Crippen LogP contribution in [0.15, 0.2) is 127 Å². The van der Waals surface area contributed by atoms with Crippen molar-refractivity contribution in [2.24, 2.45) is 0 Å². The topological polar surface area (TPSA) is 54.4 Å². The van der Waals surface area contributed by atoms with E-state index >= 15 is 0 Å². The molecule has 0 amide bonds. The maximum absolute atomic E-state index is 14.2. The second-order valence-corrected chi connectivity index (χ2v) is 19.4. The Hall–Kier alpha value is -7.12. The van der Waals surface area contributed by atoms with Crippen LogP contribution in [0.1, 0.15) is 60.4 Å². The molecule has 418 valence electrons. The molecule has 0 radical (unpaired) electrons. The van der Waals surface area contributed by atoms with Gasteiger partial charge in [0.1, 0.15) is 18.2 Å². The molecule has 3 nitrogen and oxygen atoms in total. The molecule has 0 heterocycles. The van der Waals surface area contributed by atoms with E-state index in [9.17, 15) is 119 Å². The Morgan fingerprint density at radius 2 is 0.654 bits per heavy atom. The van der Waals surface area contributed by atoms with Crippen molar-refractivity contribution in [2.75, 3.05) is 12.0 Å². The second-order valence-electron chi connectivity index (χ2n) is 16.9. The first kappa shape index (κ1) is 61.7. The third-order valence-corrected chi connectivity index (χ3v) is 12.6. The lowest BCUT2D eigenvalue weighted by atomic mass is 9.12. The molecule has 0 aliphatic carbocycles. The Bertz CT molecular complexity index is 2840. The van der Waals surface area contributed by atoms with Gasteiger partial charge in [0.25, 0.3) is 0 Å². The first-order chi connectivity index (χ1) is 35.2. The van der Waals surface area contributed by atoms with Crippen molar-refractivity contribution in [1.82, 2.24) is 0 Å². The Balaban J connectivity index is 0.000000443. The summed E-state index contributed by atoms with van der Waals surface area (Å²) in [5.74, 6) is 2.55. The summed E-state index contributed by atoms with van der Waals surface area (Å²) in [6.07, 6.45) is -53.3. The Kier molecular flexibility index (Phi) is 16.8. The van der Waals surface area contributed by atoms with Crippen LogP contribution in [-0.2, 0) is 63.6 Å². The number of halogens is 24. The predicted molar refractivity (Wildman–Crippen MR) is 235 cm³/mol. The van der Waals surface area contributed by atoms with Crippen molar-refractivity contribution in [3.63, 3.8) is 0 Å². The van der Waals surface area contributed by atoms with E-state index in [-0.39, 0.29) is 17.3 Å². The summed E-state index contributed by atoms with van der Waals surface area (Å²) in [6.45, 7) is 0. The molecule has 0 saturated heterocycles. The highest BCUT2D eigenvalue weighted by molar-refractivity contribution is 8.07. The van der Waals surface area contributed by atoms with Crippen LogP contribution in [0, 0.1) is 11.2 Å². The Morgan fingerprint density at radius 3 is 0.885 bits per heavy atom. The number of aromatic hydroxyl groups is 1. The molecule has 0 aliphatic rings. The van der Waals surface area contributed by atoms with Gasteiger partial charge < -0.3 is 5.11 Å². The van der Waals surface area contributed by atoms with Crippen molar-refractivity contribution in [3.8, 4) is 16.9 Å². The Morgan fingerprint density at radius 1 is 0.410 bits per heavy atom. The van der Waals surface area contributed by atoms with Gasteiger partial charge in [0.15, 0.2) is 20.9 Å². The van der Waals surface area contributed by atoms with E-state index in [2.05, 4.69) is 11.2 Å². The van der Waals surface area contributed by atoms with Gasteiger partial charge in [0.2, 0.25) is 5.78 Å². The van der Waals surface area contributed by atoms with Crippen LogP contribution < -0.4 is 21.9 Å². The number of ketones is 1. The van der Waals surface area contributed by atoms with E-state index in [0.717, 1.165) is 5.56 Å². The van der Waals surface area contributed by atoms with Crippen LogP contribution in [0.3, 0.4) is 0 Å². The maximum atomic E-state index is 14.2. The van der Waals surface area contributed by atoms with Gasteiger partial charge in [-0.15, -0.1) is 0 Å². The predicted octanol–water partition coefficient (Wildman–Crippen LogP) is 13.9. The SMILES string of the molecule is C[S+](=O)(C#Cc1ccccc1)CC(=O)c1ccc(O)cc1.FC(F)(F)c1cc([B-](c2cc(C(F)(F)F)cc(C(F)(F)F)c2)(c2cc(C(F)(F)F)cc(C(F)(F)F)c2)c2cc(C(F)(F)F)cc(C(F)(F)F)c2)cc(C(F)(F)F)c1. The van der Waals surface area contributed by atoms with Gasteiger partial charge in [-0.1, -0.05) is 70.9 Å². The molecule has 29 heteroatoms. The molecule has 6 aromatic rings. The van der Waals surface area contributed by atoms with Gasteiger partial charge in [-0.05, 0) is 66.6 Å². The molecule has 0 aromatic heterocycles. The standard InChI is InChI=1S/C32H12BF24.C17H14O3S/c34-25(35,36)13-1-14(26(37,38)39)6-21(5-13)33(22-7-15(27(40,41)42)2-16(8-22)28(43,44)45,23-9-17(29(46,47)48)3-18(10-23)30(49,50)51)24-11-19(31(52,53)54)4-20(12-24)32(55,56)57;1-21(20,12-11-14-5-3-2-4-6-14)13-17(19)15-7-9-16(18)10-8-15/h1-12H;2-10H,13H2,1H3/q-1;/p+1. The molecular formula is C49H27BF24O3S. The van der Waals surface area contributed by atoms with Gasteiger partial charge in [-0.2, -0.15) is 127 Å². The highest BCUT2D eigenvalue weighted by atomic mass is 32.2. The first-order valence-corrected chi connectivity index (χ1v) is 23.1. The summed E-state index contributed by atoms with van der Waals surface area (Å²) in [5, 5.41) is 11.9. The lowest BCUT2D eigenvalue weighted by Gasteiger charge is -2.46. The number of hydrogen-bond donors (Lipinski definition) is 1. The van der Waals surface area contributed by atoms with Gasteiger partial charge in [-0.3, -0.25) is 4.79 Å². The third kappa shape index (κ3) is 14.9. The average Bonchev–Trinajstić information content (AvgIpc) is 3.29. The molecule has 1 N–H and O–H groups in total. The molecule has 0 saturated carbocycles. The van der Waals surface area contributed by atoms with E-state index < -0.39 is 205 Å². The zero-order chi connectivity index (χ0) is 59.2. The number of phenolic OH excluding ortho intramolecular Hbond substituents is 1. The zero-order valence-corrected chi connectivity index (χ0v) is 39.0. The summed E-state index contributed by atoms with van der Waals surface area (Å²) in [5.41, 5.74) is -29.0. The fourth-order valence-corrected chi connectivity index (χ4v) is 8.85. The number of benzene rings is 6. The van der Waals surface area contributed by atoms with E-state index in [4.69, 9.17) is 0 Å². The summed E-state index contributed by atoms with van der Waals surface area (Å²) in [6, 6.07) is 6.30. The van der Waals surface area contributed by atoms with Crippen LogP contribution in [0.25, 0.3) is 0 Å². The summed E-state index contributed by atoms with van der Waals surface area (Å²) < 4.78 is 353. The lowest BCUT2D eigenvalue weighted by molar-refractivity contribution is -0.144. The minimum atomic E-state index is -6.13. The molecule has 0 aliphatic heterocycles. The summed E-state index contributed by atoms with van der Waals surface area (Å²) in [4.78, 5) is 12.1. The van der Waals surface area contributed by atoms with Crippen molar-refractivity contribution in [3.05, 3.63) is 183 Å². The molecule has 0 fully saturated rings. The van der Waals surface area contributed by atoms with E-state index in [1.807, 2.05) is 30.3 Å². The molecule has 0 bridgehead atoms. The zero-order valence-electron chi connectivity index (χ0n) is 38.2. The van der Waals surface area contributed by atoms with Crippen molar-refractivity contribution < 1.29 is 119 Å². The van der Waals surface area contributed by atoms with Crippen LogP contribution in [0.2, 0.25) is 0 Å². The van der Waals surface area contributed by atoms with Crippen molar-refractivity contribution in [1.29, 1.82) is 0 Å². The summed E-state index contributed by atoms with van der Waals surface area (Å²) in [7, 11) is -2.56. The monoisotopic (exact) mass is 1160 g/mol. The highest BCUT2D eigenvalue weighted by Gasteiger charge is 2.47. The second kappa shape index (κ2) is 21.3. The normalized spacial score (nSPS) is 13.9. The smallest absolute Gasteiger partial charge is 0.416 e. The van der Waals surface area contributed by atoms with E-state index in [1.165, 1.54) is 30.5 Å². The van der Waals surface area contributed by atoms with Crippen molar-refractivity contribution >= 4 is 43.7 Å². The number of phenols is 1. The minimum absolute atomic E-state index is 0.0904. The van der Waals surface area contributed by atoms with E-state index in [1.54, 1.807) is 0 Å². The van der Waals surface area contributed by atoms with Gasteiger partial charge in [0.05, 0.1) is 44.5 Å². The fourth-order valence-electron chi connectivity index (χ4n) is 7.78. The number of alkyl halides is 24. The van der Waals surface area contributed by atoms with Crippen LogP contribution >= 0.6 is 0 Å². The largest absolute Gasteiger partial charge is 0.508 e. The number of carbonyl (C=O) groups excluding carboxylic acids is 1. The molecule has 1 unspecified atom stereocenters. The first-order valence-electron chi connectivity index (χ1n) is 20.9. The number of hydrogen-bond acceptors (Lipinski definition) is 3. The summed E-state index contributed by atoms with van der Waals surface area (Å²) >= 11 is 0. The Labute approximate surface area is 423 Å². The molecule has 1 atom stereocenters. The highest BCUT2D eigenvalue weighted by Crippen LogP contribution is 2.41. The van der Waals surface area contributed by atoms with Crippen molar-refractivity contribution in [2.45, 2.75) is 49.4 Å². The van der Waals surface area contributed by atoms with Crippen LogP contribution in [0.5, 0.6) is 5.75 Å². The maximum Gasteiger partial charge on any atom is 0.416 e. The lowest BCUT2D eigenvalue weighted by Crippen LogP contribution is -2.75. The van der Waals surface area contributed by atoms with Gasteiger partial charge in [-0.25, -0.2) is 0 Å². The molecule has 0 spiro atoms. The molecule has 6 rings (SSSR count). The molecular weight excluding hydrogens is 1140 g/mol. The third-order valence-electron chi connectivity index (χ3n) is 11.2. The number of carbonyl (C=O) groups is 1. The van der Waals surface area contributed by atoms with Crippen LogP contribution in [0.4, 0.5) is 105 Å². The van der Waals surface area contributed by atoms with Gasteiger partial charge >= 0.3 is 49.4 Å². The molecule has 78 heavy (non-hydrogen) atoms. The minimum Gasteiger partial charge on any atom is -0.508 e. The van der Waals surface area contributed by atoms with E-state index in [0.29, 0.717) is 5.56 Å². The number of rotatable bonds is 7. The number of Topliss-reactive ketones (excluding diaryl/α,β-unsaturated/α-hetero) is 1.